The molecule has 2 heteroatoms. The third kappa shape index (κ3) is 3.45. The lowest BCUT2D eigenvalue weighted by Gasteiger charge is -2.25. The molecule has 0 spiro atoms. The van der Waals surface area contributed by atoms with E-state index in [2.05, 4.69) is 19.1 Å². The molecule has 0 N–H and O–H groups in total. The van der Waals surface area contributed by atoms with Gasteiger partial charge in [-0.25, -0.2) is 0 Å². The fourth-order valence-electron chi connectivity index (χ4n) is 2.06. The third-order valence-corrected chi connectivity index (χ3v) is 3.16. The molecule has 17 heavy (non-hydrogen) atoms. The number of aryl methyl sites for hydroxylation is 1. The highest BCUT2D eigenvalue weighted by molar-refractivity contribution is 5.91. The average molecular weight is 229 g/mol. The molecular formula is C15H19NO. The van der Waals surface area contributed by atoms with Gasteiger partial charge in [-0.2, -0.15) is 0 Å². The molecule has 1 aliphatic heterocycles. The zero-order valence-corrected chi connectivity index (χ0v) is 10.4. The van der Waals surface area contributed by atoms with Gasteiger partial charge in [0.1, 0.15) is 0 Å². The Bertz CT molecular complexity index is 399. The van der Waals surface area contributed by atoms with Crippen molar-refractivity contribution >= 4 is 12.0 Å². The minimum Gasteiger partial charge on any atom is -0.339 e. The topological polar surface area (TPSA) is 20.3 Å². The van der Waals surface area contributed by atoms with Crippen LogP contribution in [-0.4, -0.2) is 23.9 Å². The molecule has 90 valence electrons. The summed E-state index contributed by atoms with van der Waals surface area (Å²) in [6.45, 7) is 3.89. The van der Waals surface area contributed by atoms with Crippen molar-refractivity contribution < 1.29 is 4.79 Å². The fourth-order valence-corrected chi connectivity index (χ4v) is 2.06. The Morgan fingerprint density at radius 1 is 1.12 bits per heavy atom. The lowest BCUT2D eigenvalue weighted by molar-refractivity contribution is -0.126. The van der Waals surface area contributed by atoms with Gasteiger partial charge in [0.2, 0.25) is 5.91 Å². The Balaban J connectivity index is 1.95. The smallest absolute Gasteiger partial charge is 0.246 e. The number of hydrogen-bond donors (Lipinski definition) is 0. The summed E-state index contributed by atoms with van der Waals surface area (Å²) >= 11 is 0. The number of amides is 1. The molecule has 0 atom stereocenters. The molecule has 0 aliphatic carbocycles. The van der Waals surface area contributed by atoms with E-state index in [0.717, 1.165) is 31.5 Å². The monoisotopic (exact) mass is 229 g/mol. The van der Waals surface area contributed by atoms with Gasteiger partial charge < -0.3 is 4.90 Å². The van der Waals surface area contributed by atoms with Crippen LogP contribution in [0.2, 0.25) is 0 Å². The van der Waals surface area contributed by atoms with E-state index in [-0.39, 0.29) is 5.91 Å². The van der Waals surface area contributed by atoms with Gasteiger partial charge in [-0.3, -0.25) is 4.79 Å². The van der Waals surface area contributed by atoms with Crippen molar-refractivity contribution in [1.29, 1.82) is 0 Å². The first kappa shape index (κ1) is 11.9. The van der Waals surface area contributed by atoms with Crippen molar-refractivity contribution in [2.24, 2.45) is 0 Å². The van der Waals surface area contributed by atoms with Crippen LogP contribution in [0.15, 0.2) is 30.3 Å². The zero-order chi connectivity index (χ0) is 12.1. The molecule has 1 heterocycles. The van der Waals surface area contributed by atoms with Crippen LogP contribution < -0.4 is 0 Å². The van der Waals surface area contributed by atoms with Crippen molar-refractivity contribution in [3.05, 3.63) is 41.5 Å². The molecule has 1 aromatic rings. The van der Waals surface area contributed by atoms with Crippen LogP contribution in [0.25, 0.3) is 6.08 Å². The molecule has 0 radical (unpaired) electrons. The second kappa shape index (κ2) is 5.67. The van der Waals surface area contributed by atoms with Crippen molar-refractivity contribution in [3.8, 4) is 0 Å². The van der Waals surface area contributed by atoms with E-state index >= 15 is 0 Å². The first-order chi connectivity index (χ1) is 8.25. The Morgan fingerprint density at radius 3 is 2.41 bits per heavy atom. The summed E-state index contributed by atoms with van der Waals surface area (Å²) in [7, 11) is 0. The molecule has 1 aliphatic rings. The van der Waals surface area contributed by atoms with Crippen molar-refractivity contribution in [2.45, 2.75) is 26.2 Å². The van der Waals surface area contributed by atoms with Crippen molar-refractivity contribution in [3.63, 3.8) is 0 Å². The number of rotatable bonds is 2. The zero-order valence-electron chi connectivity index (χ0n) is 10.4. The SMILES string of the molecule is Cc1ccc(C=CC(=O)N2CCCCC2)cc1. The first-order valence-electron chi connectivity index (χ1n) is 6.29. The van der Waals surface area contributed by atoms with E-state index in [1.807, 2.05) is 23.1 Å². The number of nitrogens with zero attached hydrogens (tertiary/aromatic N) is 1. The highest BCUT2D eigenvalue weighted by Crippen LogP contribution is 2.10. The third-order valence-electron chi connectivity index (χ3n) is 3.16. The largest absolute Gasteiger partial charge is 0.339 e. The molecule has 1 saturated heterocycles. The summed E-state index contributed by atoms with van der Waals surface area (Å²) < 4.78 is 0. The summed E-state index contributed by atoms with van der Waals surface area (Å²) in [5.74, 6) is 0.144. The number of benzene rings is 1. The predicted octanol–water partition coefficient (Wildman–Crippen LogP) is 3.02. The van der Waals surface area contributed by atoms with Crippen LogP contribution in [-0.2, 0) is 4.79 Å². The maximum Gasteiger partial charge on any atom is 0.246 e. The highest BCUT2D eigenvalue weighted by Gasteiger charge is 2.13. The van der Waals surface area contributed by atoms with Crippen LogP contribution in [0, 0.1) is 6.92 Å². The Morgan fingerprint density at radius 2 is 1.76 bits per heavy atom. The summed E-state index contributed by atoms with van der Waals surface area (Å²) in [6.07, 6.45) is 7.13. The summed E-state index contributed by atoms with van der Waals surface area (Å²) in [4.78, 5) is 13.8. The van der Waals surface area contributed by atoms with E-state index in [1.54, 1.807) is 6.08 Å². The van der Waals surface area contributed by atoms with Gasteiger partial charge in [-0.15, -0.1) is 0 Å². The molecule has 2 nitrogen and oxygen atoms in total. The molecule has 2 rings (SSSR count). The number of hydrogen-bond acceptors (Lipinski definition) is 1. The molecule has 1 fully saturated rings. The minimum atomic E-state index is 0.144. The lowest BCUT2D eigenvalue weighted by Crippen LogP contribution is -2.34. The number of carbonyl (C=O) groups excluding carboxylic acids is 1. The second-order valence-corrected chi connectivity index (χ2v) is 4.63. The first-order valence-corrected chi connectivity index (χ1v) is 6.29. The van der Waals surface area contributed by atoms with Crippen molar-refractivity contribution in [1.82, 2.24) is 4.90 Å². The van der Waals surface area contributed by atoms with Crippen LogP contribution in [0.1, 0.15) is 30.4 Å². The summed E-state index contributed by atoms with van der Waals surface area (Å²) in [5.41, 5.74) is 2.32. The Hall–Kier alpha value is -1.57. The standard InChI is InChI=1S/C15H19NO/c1-13-5-7-14(8-6-13)9-10-15(17)16-11-3-2-4-12-16/h5-10H,2-4,11-12H2,1H3. The molecular weight excluding hydrogens is 210 g/mol. The highest BCUT2D eigenvalue weighted by atomic mass is 16.2. The lowest BCUT2D eigenvalue weighted by atomic mass is 10.1. The van der Waals surface area contributed by atoms with E-state index in [4.69, 9.17) is 0 Å². The molecule has 0 bridgehead atoms. The van der Waals surface area contributed by atoms with E-state index in [9.17, 15) is 4.79 Å². The minimum absolute atomic E-state index is 0.144. The van der Waals surface area contributed by atoms with Gasteiger partial charge in [0.15, 0.2) is 0 Å². The normalized spacial score (nSPS) is 16.4. The van der Waals surface area contributed by atoms with Gasteiger partial charge in [-0.05, 0) is 37.8 Å². The van der Waals surface area contributed by atoms with Crippen molar-refractivity contribution in [2.75, 3.05) is 13.1 Å². The predicted molar refractivity (Wildman–Crippen MR) is 70.6 cm³/mol. The molecule has 0 saturated carbocycles. The maximum absolute atomic E-state index is 11.9. The van der Waals surface area contributed by atoms with Gasteiger partial charge in [0.05, 0.1) is 0 Å². The van der Waals surface area contributed by atoms with Gasteiger partial charge in [0, 0.05) is 19.2 Å². The average Bonchev–Trinajstić information content (AvgIpc) is 2.39. The van der Waals surface area contributed by atoms with Gasteiger partial charge in [0.25, 0.3) is 0 Å². The summed E-state index contributed by atoms with van der Waals surface area (Å²) in [6, 6.07) is 8.20. The van der Waals surface area contributed by atoms with Gasteiger partial charge in [-0.1, -0.05) is 29.8 Å². The quantitative estimate of drug-likeness (QED) is 0.714. The van der Waals surface area contributed by atoms with E-state index in [1.165, 1.54) is 12.0 Å². The van der Waals surface area contributed by atoms with Crippen LogP contribution in [0.3, 0.4) is 0 Å². The summed E-state index contributed by atoms with van der Waals surface area (Å²) in [5, 5.41) is 0. The second-order valence-electron chi connectivity index (χ2n) is 4.63. The molecule has 1 amide bonds. The fraction of sp³-hybridized carbons (Fsp3) is 0.400. The number of piperidine rings is 1. The van der Waals surface area contributed by atoms with Crippen LogP contribution >= 0.6 is 0 Å². The Kier molecular flexibility index (Phi) is 3.97. The molecule has 1 aromatic carbocycles. The molecule has 0 unspecified atom stereocenters. The van der Waals surface area contributed by atoms with Crippen LogP contribution in [0.5, 0.6) is 0 Å². The van der Waals surface area contributed by atoms with E-state index in [0.29, 0.717) is 0 Å². The van der Waals surface area contributed by atoms with Gasteiger partial charge >= 0.3 is 0 Å². The Labute approximate surface area is 103 Å². The van der Waals surface area contributed by atoms with Crippen LogP contribution in [0.4, 0.5) is 0 Å². The molecule has 0 aromatic heterocycles. The van der Waals surface area contributed by atoms with E-state index < -0.39 is 0 Å². The maximum atomic E-state index is 11.9. The number of carbonyl (C=O) groups is 1. The number of likely N-dealkylation sites (tertiary alicyclic amines) is 1.